The van der Waals surface area contributed by atoms with Gasteiger partial charge in [0.2, 0.25) is 5.91 Å². The molecule has 33 heavy (non-hydrogen) atoms. The van der Waals surface area contributed by atoms with Crippen LogP contribution in [0, 0.1) is 5.92 Å². The van der Waals surface area contributed by atoms with Gasteiger partial charge < -0.3 is 15.7 Å². The van der Waals surface area contributed by atoms with Gasteiger partial charge in [-0.25, -0.2) is 4.98 Å². The molecule has 1 aliphatic carbocycles. The van der Waals surface area contributed by atoms with Gasteiger partial charge in [0.05, 0.1) is 5.69 Å². The van der Waals surface area contributed by atoms with Gasteiger partial charge in [0.15, 0.2) is 5.65 Å². The number of benzene rings is 2. The van der Waals surface area contributed by atoms with E-state index in [1.54, 1.807) is 22.8 Å². The third kappa shape index (κ3) is 4.42. The fourth-order valence-electron chi connectivity index (χ4n) is 4.41. The van der Waals surface area contributed by atoms with E-state index in [2.05, 4.69) is 15.7 Å². The third-order valence-corrected chi connectivity index (χ3v) is 6.22. The van der Waals surface area contributed by atoms with Crippen molar-refractivity contribution in [1.29, 1.82) is 0 Å². The van der Waals surface area contributed by atoms with Gasteiger partial charge in [-0.05, 0) is 48.1 Å². The molecule has 0 saturated heterocycles. The predicted molar refractivity (Wildman–Crippen MR) is 133 cm³/mol. The summed E-state index contributed by atoms with van der Waals surface area (Å²) in [6.45, 7) is 0.547. The smallest absolute Gasteiger partial charge is 0.227 e. The molecule has 166 valence electrons. The van der Waals surface area contributed by atoms with Crippen molar-refractivity contribution in [3.8, 4) is 17.0 Å². The molecule has 2 aromatic carbocycles. The normalized spacial score (nSPS) is 13.9. The number of amides is 1. The maximum Gasteiger partial charge on any atom is 0.227 e. The topological polar surface area (TPSA) is 91.5 Å². The summed E-state index contributed by atoms with van der Waals surface area (Å²) < 4.78 is 1.77. The maximum atomic E-state index is 12.5. The molecular formula is C25H26BN5O2. The maximum absolute atomic E-state index is 12.5. The summed E-state index contributed by atoms with van der Waals surface area (Å²) in [6.07, 6.45) is 6.01. The molecule has 4 aromatic rings. The van der Waals surface area contributed by atoms with E-state index >= 15 is 0 Å². The van der Waals surface area contributed by atoms with Crippen LogP contribution in [0.2, 0.25) is 0 Å². The van der Waals surface area contributed by atoms with Gasteiger partial charge in [0.25, 0.3) is 0 Å². The van der Waals surface area contributed by atoms with E-state index in [9.17, 15) is 9.90 Å². The summed E-state index contributed by atoms with van der Waals surface area (Å²) in [7, 11) is 1.96. The zero-order valence-electron chi connectivity index (χ0n) is 18.6. The summed E-state index contributed by atoms with van der Waals surface area (Å²) in [4.78, 5) is 17.2. The molecule has 0 bridgehead atoms. The number of aromatic nitrogens is 3. The second-order valence-electron chi connectivity index (χ2n) is 8.63. The molecule has 1 saturated carbocycles. The Morgan fingerprint density at radius 1 is 1.12 bits per heavy atom. The largest absolute Gasteiger partial charge is 0.507 e. The molecule has 1 aliphatic rings. The number of anilines is 2. The highest BCUT2D eigenvalue weighted by atomic mass is 16.3. The molecule has 3 N–H and O–H groups in total. The molecular weight excluding hydrogens is 413 g/mol. The zero-order valence-corrected chi connectivity index (χ0v) is 18.6. The summed E-state index contributed by atoms with van der Waals surface area (Å²) >= 11 is 0. The van der Waals surface area contributed by atoms with E-state index in [-0.39, 0.29) is 17.6 Å². The van der Waals surface area contributed by atoms with Crippen molar-refractivity contribution < 1.29 is 9.90 Å². The van der Waals surface area contributed by atoms with Crippen LogP contribution in [0.25, 0.3) is 16.9 Å². The van der Waals surface area contributed by atoms with Crippen LogP contribution in [0.5, 0.6) is 5.75 Å². The zero-order chi connectivity index (χ0) is 22.8. The number of nitrogens with one attached hydrogen (secondary N) is 2. The standard InChI is InChI=1S/C25H26BN5O2/c26-20-15-28-31-23(13-21(30-24(20)31)19-10-3-4-11-22(19)32)27-14-16-6-5-9-18(12-16)29-25(33)17-7-1-2-8-17/h3-6,9-13,15,17,27,32H,1-2,7-8,14,26H2,(H,29,33). The van der Waals surface area contributed by atoms with Crippen molar-refractivity contribution in [2.75, 3.05) is 10.6 Å². The number of hydrogen-bond acceptors (Lipinski definition) is 5. The minimum Gasteiger partial charge on any atom is -0.507 e. The average molecular weight is 439 g/mol. The second-order valence-corrected chi connectivity index (χ2v) is 8.63. The average Bonchev–Trinajstić information content (AvgIpc) is 3.49. The minimum absolute atomic E-state index is 0.118. The number of nitrogens with zero attached hydrogens (tertiary/aromatic N) is 3. The van der Waals surface area contributed by atoms with Crippen molar-refractivity contribution in [3.63, 3.8) is 0 Å². The van der Waals surface area contributed by atoms with Gasteiger partial charge in [-0.2, -0.15) is 9.61 Å². The van der Waals surface area contributed by atoms with Crippen LogP contribution in [0.1, 0.15) is 31.2 Å². The number of para-hydroxylation sites is 1. The van der Waals surface area contributed by atoms with Crippen molar-refractivity contribution in [3.05, 3.63) is 66.4 Å². The molecule has 5 rings (SSSR count). The highest BCUT2D eigenvalue weighted by Gasteiger charge is 2.22. The lowest BCUT2D eigenvalue weighted by atomic mass is 10.0. The van der Waals surface area contributed by atoms with E-state index in [1.165, 1.54) is 0 Å². The molecule has 0 spiro atoms. The molecule has 1 fully saturated rings. The van der Waals surface area contributed by atoms with Crippen LogP contribution < -0.4 is 16.1 Å². The monoisotopic (exact) mass is 439 g/mol. The van der Waals surface area contributed by atoms with E-state index in [0.29, 0.717) is 17.8 Å². The van der Waals surface area contributed by atoms with Crippen LogP contribution >= 0.6 is 0 Å². The molecule has 0 unspecified atom stereocenters. The molecule has 0 aliphatic heterocycles. The Morgan fingerprint density at radius 3 is 2.76 bits per heavy atom. The highest BCUT2D eigenvalue weighted by Crippen LogP contribution is 2.29. The fourth-order valence-corrected chi connectivity index (χ4v) is 4.41. The van der Waals surface area contributed by atoms with Crippen LogP contribution in [0.3, 0.4) is 0 Å². The Morgan fingerprint density at radius 2 is 1.94 bits per heavy atom. The van der Waals surface area contributed by atoms with Crippen molar-refractivity contribution in [2.45, 2.75) is 32.2 Å². The van der Waals surface area contributed by atoms with E-state index in [1.807, 2.05) is 50.3 Å². The van der Waals surface area contributed by atoms with Gasteiger partial charge in [-0.3, -0.25) is 4.79 Å². The van der Waals surface area contributed by atoms with Crippen molar-refractivity contribution in [2.24, 2.45) is 5.92 Å². The quantitative estimate of drug-likeness (QED) is 0.402. The first-order chi connectivity index (χ1) is 16.1. The van der Waals surface area contributed by atoms with Crippen molar-refractivity contribution in [1.82, 2.24) is 14.6 Å². The number of rotatable bonds is 6. The van der Waals surface area contributed by atoms with Crippen molar-refractivity contribution >= 4 is 36.4 Å². The molecule has 7 nitrogen and oxygen atoms in total. The Kier molecular flexibility index (Phi) is 5.73. The molecule has 1 amide bonds. The fraction of sp³-hybridized carbons (Fsp3) is 0.240. The number of fused-ring (bicyclic) bond motifs is 1. The van der Waals surface area contributed by atoms with Gasteiger partial charge in [-0.15, -0.1) is 0 Å². The molecule has 8 heteroatoms. The summed E-state index contributed by atoms with van der Waals surface area (Å²) in [6, 6.07) is 17.0. The van der Waals surface area contributed by atoms with Crippen LogP contribution in [-0.2, 0) is 11.3 Å². The molecule has 2 aromatic heterocycles. The van der Waals surface area contributed by atoms with Crippen LogP contribution in [0.4, 0.5) is 11.5 Å². The number of carbonyl (C=O) groups is 1. The highest BCUT2D eigenvalue weighted by molar-refractivity contribution is 6.36. The van der Waals surface area contributed by atoms with Crippen LogP contribution in [0.15, 0.2) is 60.8 Å². The first-order valence-corrected chi connectivity index (χ1v) is 11.4. The Bertz CT molecular complexity index is 1310. The molecule has 0 radical (unpaired) electrons. The summed E-state index contributed by atoms with van der Waals surface area (Å²) in [5.74, 6) is 1.20. The van der Waals surface area contributed by atoms with E-state index in [4.69, 9.17) is 4.98 Å². The number of hydrogen-bond donors (Lipinski definition) is 3. The lowest BCUT2D eigenvalue weighted by Crippen LogP contribution is -2.20. The molecule has 2 heterocycles. The van der Waals surface area contributed by atoms with Gasteiger partial charge >= 0.3 is 0 Å². The lowest BCUT2D eigenvalue weighted by Gasteiger charge is -2.13. The second kappa shape index (κ2) is 8.98. The number of phenols is 1. The van der Waals surface area contributed by atoms with Gasteiger partial charge in [0, 0.05) is 36.0 Å². The lowest BCUT2D eigenvalue weighted by molar-refractivity contribution is -0.119. The molecule has 0 atom stereocenters. The minimum atomic E-state index is 0.118. The van der Waals surface area contributed by atoms with Gasteiger partial charge in [-0.1, -0.05) is 37.1 Å². The Hall–Kier alpha value is -3.81. The number of carbonyl (C=O) groups excluding carboxylic acids is 1. The summed E-state index contributed by atoms with van der Waals surface area (Å²) in [5, 5.41) is 21.3. The van der Waals surface area contributed by atoms with Gasteiger partial charge in [0.1, 0.15) is 19.4 Å². The first-order valence-electron chi connectivity index (χ1n) is 11.4. The van der Waals surface area contributed by atoms with E-state index in [0.717, 1.165) is 53.9 Å². The SMILES string of the molecule is Bc1cnn2c(NCc3cccc(NC(=O)C4CCCC4)c3)cc(-c3ccccc3O)nc12. The predicted octanol–water partition coefficient (Wildman–Crippen LogP) is 3.10. The first kappa shape index (κ1) is 21.1. The Balaban J connectivity index is 1.38. The summed E-state index contributed by atoms with van der Waals surface area (Å²) in [5.41, 5.74) is 4.88. The van der Waals surface area contributed by atoms with Crippen LogP contribution in [-0.4, -0.2) is 33.5 Å². The number of phenolic OH excluding ortho intramolecular Hbond substituents is 1. The van der Waals surface area contributed by atoms with E-state index < -0.39 is 0 Å². The Labute approximate surface area is 193 Å². The third-order valence-electron chi connectivity index (χ3n) is 6.22. The number of aromatic hydroxyl groups is 1.